The molecular formula is C26H24O5. The lowest BCUT2D eigenvalue weighted by atomic mass is 9.90. The summed E-state index contributed by atoms with van der Waals surface area (Å²) < 4.78 is 21.7. The van der Waals surface area contributed by atoms with Gasteiger partial charge in [-0.25, -0.2) is 4.79 Å². The minimum absolute atomic E-state index is 0.139. The van der Waals surface area contributed by atoms with Crippen molar-refractivity contribution in [1.29, 1.82) is 0 Å². The van der Waals surface area contributed by atoms with Gasteiger partial charge in [-0.1, -0.05) is 48.5 Å². The van der Waals surface area contributed by atoms with Crippen LogP contribution < -0.4 is 0 Å². The summed E-state index contributed by atoms with van der Waals surface area (Å²) in [5.74, 6) is 0. The number of rotatable bonds is 5. The molecule has 1 fully saturated rings. The van der Waals surface area contributed by atoms with Gasteiger partial charge in [0.25, 0.3) is 0 Å². The van der Waals surface area contributed by atoms with Crippen LogP contribution in [0.5, 0.6) is 0 Å². The number of carbonyl (C=O) groups is 1. The standard InChI is InChI=1S/C26H24O5/c1-3-28-26(27)29-15-18-13-24-21-10-6-4-8-19(21)17(14-25-30-16(2)31-25)12-23(24)22-11-7-5-9-20(18)22/h4-13,16,25H,3,14-15H2,1-2H3. The van der Waals surface area contributed by atoms with E-state index in [4.69, 9.17) is 18.9 Å². The number of fused-ring (bicyclic) bond motifs is 5. The van der Waals surface area contributed by atoms with E-state index in [1.807, 2.05) is 25.1 Å². The van der Waals surface area contributed by atoms with E-state index in [2.05, 4.69) is 42.5 Å². The van der Waals surface area contributed by atoms with Gasteiger partial charge in [0.15, 0.2) is 12.6 Å². The van der Waals surface area contributed by atoms with Crippen LogP contribution in [0.15, 0.2) is 60.7 Å². The van der Waals surface area contributed by atoms with Gasteiger partial charge in [-0.2, -0.15) is 0 Å². The third kappa shape index (κ3) is 3.71. The van der Waals surface area contributed by atoms with Crippen molar-refractivity contribution in [1.82, 2.24) is 0 Å². The van der Waals surface area contributed by atoms with Crippen LogP contribution >= 0.6 is 0 Å². The highest BCUT2D eigenvalue weighted by molar-refractivity contribution is 6.19. The first-order valence-corrected chi connectivity index (χ1v) is 10.6. The number of benzene rings is 4. The Morgan fingerprint density at radius 3 is 1.94 bits per heavy atom. The number of hydrogen-bond acceptors (Lipinski definition) is 5. The summed E-state index contributed by atoms with van der Waals surface area (Å²) in [6.07, 6.45) is -0.302. The van der Waals surface area contributed by atoms with Gasteiger partial charge < -0.3 is 18.9 Å². The van der Waals surface area contributed by atoms with Crippen molar-refractivity contribution >= 4 is 38.5 Å². The van der Waals surface area contributed by atoms with Gasteiger partial charge >= 0.3 is 6.16 Å². The average Bonchev–Trinajstić information content (AvgIpc) is 2.77. The Balaban J connectivity index is 1.67. The van der Waals surface area contributed by atoms with Gasteiger partial charge in [-0.15, -0.1) is 0 Å². The Bertz CT molecular complexity index is 1270. The summed E-state index contributed by atoms with van der Waals surface area (Å²) in [6.45, 7) is 4.12. The Kier molecular flexibility index (Phi) is 5.22. The lowest BCUT2D eigenvalue weighted by Crippen LogP contribution is -2.40. The fourth-order valence-electron chi connectivity index (χ4n) is 4.40. The molecule has 158 valence electrons. The van der Waals surface area contributed by atoms with Crippen molar-refractivity contribution in [2.24, 2.45) is 0 Å². The summed E-state index contributed by atoms with van der Waals surface area (Å²) in [7, 11) is 0. The first-order chi connectivity index (χ1) is 15.1. The van der Waals surface area contributed by atoms with Crippen LogP contribution in [0.4, 0.5) is 4.79 Å². The number of ether oxygens (including phenoxy) is 4. The number of hydrogen-bond donors (Lipinski definition) is 0. The minimum atomic E-state index is -0.651. The highest BCUT2D eigenvalue weighted by Crippen LogP contribution is 2.37. The zero-order valence-corrected chi connectivity index (χ0v) is 17.6. The molecule has 0 aromatic heterocycles. The maximum atomic E-state index is 11.8. The van der Waals surface area contributed by atoms with Crippen LogP contribution in [0.3, 0.4) is 0 Å². The third-order valence-electron chi connectivity index (χ3n) is 5.73. The van der Waals surface area contributed by atoms with E-state index in [0.717, 1.165) is 32.5 Å². The molecule has 0 bridgehead atoms. The molecule has 0 spiro atoms. The van der Waals surface area contributed by atoms with Crippen molar-refractivity contribution in [3.05, 3.63) is 71.8 Å². The normalized spacial score (nSPS) is 18.3. The van der Waals surface area contributed by atoms with E-state index in [-0.39, 0.29) is 25.8 Å². The molecule has 1 heterocycles. The van der Waals surface area contributed by atoms with Gasteiger partial charge in [0.05, 0.1) is 6.61 Å². The van der Waals surface area contributed by atoms with Gasteiger partial charge in [0.1, 0.15) is 6.61 Å². The minimum Gasteiger partial charge on any atom is -0.435 e. The SMILES string of the molecule is CCOC(=O)OCc1cc2c3ccccc3c(CC3OC(C)O3)cc2c2ccccc12. The Morgan fingerprint density at radius 1 is 0.806 bits per heavy atom. The predicted molar refractivity (Wildman–Crippen MR) is 120 cm³/mol. The quantitative estimate of drug-likeness (QED) is 0.291. The zero-order valence-electron chi connectivity index (χ0n) is 17.6. The number of carbonyl (C=O) groups excluding carboxylic acids is 1. The molecule has 0 N–H and O–H groups in total. The first kappa shape index (κ1) is 19.8. The molecule has 4 aromatic rings. The Hall–Kier alpha value is -3.15. The lowest BCUT2D eigenvalue weighted by molar-refractivity contribution is -0.374. The second kappa shape index (κ2) is 8.17. The van der Waals surface area contributed by atoms with Crippen molar-refractivity contribution in [2.45, 2.75) is 39.5 Å². The molecule has 0 atom stereocenters. The molecular weight excluding hydrogens is 392 g/mol. The predicted octanol–water partition coefficient (Wildman–Crippen LogP) is 6.08. The summed E-state index contributed by atoms with van der Waals surface area (Å²) in [5.41, 5.74) is 2.15. The first-order valence-electron chi connectivity index (χ1n) is 10.6. The van der Waals surface area contributed by atoms with Crippen LogP contribution in [-0.4, -0.2) is 25.3 Å². The molecule has 1 aliphatic heterocycles. The largest absolute Gasteiger partial charge is 0.508 e. The molecule has 5 nitrogen and oxygen atoms in total. The monoisotopic (exact) mass is 416 g/mol. The molecule has 5 heteroatoms. The molecule has 0 aliphatic carbocycles. The van der Waals surface area contributed by atoms with Crippen LogP contribution in [-0.2, 0) is 32.0 Å². The highest BCUT2D eigenvalue weighted by atomic mass is 16.9. The van der Waals surface area contributed by atoms with Crippen molar-refractivity contribution in [3.63, 3.8) is 0 Å². The molecule has 0 amide bonds. The highest BCUT2D eigenvalue weighted by Gasteiger charge is 2.27. The molecule has 0 saturated carbocycles. The second-order valence-electron chi connectivity index (χ2n) is 7.70. The smallest absolute Gasteiger partial charge is 0.435 e. The van der Waals surface area contributed by atoms with Gasteiger partial charge in [0, 0.05) is 6.42 Å². The third-order valence-corrected chi connectivity index (χ3v) is 5.73. The van der Waals surface area contributed by atoms with E-state index in [1.165, 1.54) is 10.9 Å². The van der Waals surface area contributed by atoms with E-state index < -0.39 is 6.16 Å². The molecule has 0 unspecified atom stereocenters. The van der Waals surface area contributed by atoms with Crippen LogP contribution in [0, 0.1) is 0 Å². The summed E-state index contributed by atoms with van der Waals surface area (Å²) in [5, 5.41) is 6.81. The Labute approximate surface area is 180 Å². The zero-order chi connectivity index (χ0) is 21.4. The van der Waals surface area contributed by atoms with E-state index in [0.29, 0.717) is 6.42 Å². The topological polar surface area (TPSA) is 54.0 Å². The summed E-state index contributed by atoms with van der Waals surface area (Å²) >= 11 is 0. The maximum Gasteiger partial charge on any atom is 0.508 e. The summed E-state index contributed by atoms with van der Waals surface area (Å²) in [6, 6.07) is 21.0. The fourth-order valence-corrected chi connectivity index (χ4v) is 4.40. The van der Waals surface area contributed by atoms with Crippen molar-refractivity contribution in [3.8, 4) is 0 Å². The molecule has 4 aromatic carbocycles. The molecule has 1 aliphatic rings. The second-order valence-corrected chi connectivity index (χ2v) is 7.70. The van der Waals surface area contributed by atoms with E-state index in [1.54, 1.807) is 6.92 Å². The fraction of sp³-hybridized carbons (Fsp3) is 0.269. The van der Waals surface area contributed by atoms with E-state index in [9.17, 15) is 4.79 Å². The van der Waals surface area contributed by atoms with Crippen LogP contribution in [0.1, 0.15) is 25.0 Å². The maximum absolute atomic E-state index is 11.8. The van der Waals surface area contributed by atoms with Crippen LogP contribution in [0.2, 0.25) is 0 Å². The Morgan fingerprint density at radius 2 is 1.35 bits per heavy atom. The van der Waals surface area contributed by atoms with Gasteiger partial charge in [-0.3, -0.25) is 0 Å². The van der Waals surface area contributed by atoms with E-state index >= 15 is 0 Å². The van der Waals surface area contributed by atoms with Gasteiger partial charge in [-0.05, 0) is 69.4 Å². The molecule has 1 saturated heterocycles. The summed E-state index contributed by atoms with van der Waals surface area (Å²) in [4.78, 5) is 11.8. The lowest BCUT2D eigenvalue weighted by Gasteiger charge is -2.34. The molecule has 0 radical (unpaired) electrons. The molecule has 31 heavy (non-hydrogen) atoms. The average molecular weight is 416 g/mol. The molecule has 5 rings (SSSR count). The van der Waals surface area contributed by atoms with Crippen LogP contribution in [0.25, 0.3) is 32.3 Å². The van der Waals surface area contributed by atoms with Crippen molar-refractivity contribution in [2.75, 3.05) is 6.61 Å². The van der Waals surface area contributed by atoms with Gasteiger partial charge in [0.2, 0.25) is 0 Å². The van der Waals surface area contributed by atoms with Crippen molar-refractivity contribution < 1.29 is 23.7 Å².